The van der Waals surface area contributed by atoms with E-state index in [1.165, 1.54) is 13.0 Å². The Labute approximate surface area is 125 Å². The van der Waals surface area contributed by atoms with Gasteiger partial charge < -0.3 is 4.90 Å². The summed E-state index contributed by atoms with van der Waals surface area (Å²) in [6.45, 7) is 9.83. The maximum atomic E-state index is 11.5. The fourth-order valence-electron chi connectivity index (χ4n) is 2.87. The summed E-state index contributed by atoms with van der Waals surface area (Å²) in [4.78, 5) is 24.3. The van der Waals surface area contributed by atoms with Gasteiger partial charge in [-0.1, -0.05) is 20.8 Å². The van der Waals surface area contributed by atoms with Crippen LogP contribution in [0.2, 0.25) is 0 Å². The summed E-state index contributed by atoms with van der Waals surface area (Å²) in [5.41, 5.74) is 1.15. The van der Waals surface area contributed by atoms with Gasteiger partial charge in [0.1, 0.15) is 0 Å². The van der Waals surface area contributed by atoms with Gasteiger partial charge in [0, 0.05) is 24.8 Å². The highest BCUT2D eigenvalue weighted by Crippen LogP contribution is 2.36. The predicted octanol–water partition coefficient (Wildman–Crippen LogP) is 3.67. The Morgan fingerprint density at radius 2 is 2.05 bits per heavy atom. The highest BCUT2D eigenvalue weighted by Gasteiger charge is 2.32. The van der Waals surface area contributed by atoms with Gasteiger partial charge in [0.15, 0.2) is 5.78 Å². The zero-order valence-corrected chi connectivity index (χ0v) is 13.0. The van der Waals surface area contributed by atoms with Crippen LogP contribution in [0.15, 0.2) is 18.2 Å². The van der Waals surface area contributed by atoms with Crippen molar-refractivity contribution in [1.82, 2.24) is 0 Å². The van der Waals surface area contributed by atoms with Crippen molar-refractivity contribution in [2.24, 2.45) is 11.3 Å². The molecule has 1 fully saturated rings. The molecule has 2 rings (SSSR count). The van der Waals surface area contributed by atoms with E-state index in [1.54, 1.807) is 6.07 Å². The number of ketones is 1. The minimum Gasteiger partial charge on any atom is -0.371 e. The van der Waals surface area contributed by atoms with E-state index in [-0.39, 0.29) is 22.4 Å². The van der Waals surface area contributed by atoms with Crippen LogP contribution < -0.4 is 4.90 Å². The zero-order valence-electron chi connectivity index (χ0n) is 13.0. The van der Waals surface area contributed by atoms with E-state index in [2.05, 4.69) is 25.7 Å². The Bertz CT molecular complexity index is 575. The van der Waals surface area contributed by atoms with Crippen LogP contribution in [0.4, 0.5) is 11.4 Å². The Morgan fingerprint density at radius 3 is 2.52 bits per heavy atom. The summed E-state index contributed by atoms with van der Waals surface area (Å²) in [5, 5.41) is 11.2. The molecule has 0 spiro atoms. The molecule has 1 aliphatic heterocycles. The van der Waals surface area contributed by atoms with Gasteiger partial charge in [0.25, 0.3) is 5.69 Å². The molecule has 0 bridgehead atoms. The Kier molecular flexibility index (Phi) is 4.03. The highest BCUT2D eigenvalue weighted by atomic mass is 16.6. The van der Waals surface area contributed by atoms with Crippen LogP contribution in [-0.2, 0) is 0 Å². The van der Waals surface area contributed by atoms with Gasteiger partial charge in [-0.25, -0.2) is 0 Å². The molecule has 0 aromatic heterocycles. The first kappa shape index (κ1) is 15.5. The highest BCUT2D eigenvalue weighted by molar-refractivity contribution is 5.98. The number of hydrogen-bond acceptors (Lipinski definition) is 4. The average molecular weight is 290 g/mol. The minimum absolute atomic E-state index is 0.0980. The topological polar surface area (TPSA) is 63.5 Å². The molecular formula is C16H22N2O3. The molecule has 1 heterocycles. The predicted molar refractivity (Wildman–Crippen MR) is 82.9 cm³/mol. The fraction of sp³-hybridized carbons (Fsp3) is 0.562. The third-order valence-electron chi connectivity index (χ3n) is 4.34. The Morgan fingerprint density at radius 1 is 1.38 bits per heavy atom. The first-order valence-corrected chi connectivity index (χ1v) is 7.24. The SMILES string of the molecule is CC(=O)c1ccc(N2CCC(C(C)(C)C)C2)cc1[N+](=O)[O-]. The molecule has 1 atom stereocenters. The van der Waals surface area contributed by atoms with Crippen molar-refractivity contribution in [3.8, 4) is 0 Å². The van der Waals surface area contributed by atoms with E-state index in [1.807, 2.05) is 6.07 Å². The average Bonchev–Trinajstić information content (AvgIpc) is 2.87. The number of anilines is 1. The summed E-state index contributed by atoms with van der Waals surface area (Å²) in [6, 6.07) is 4.91. The van der Waals surface area contributed by atoms with Crippen molar-refractivity contribution in [1.29, 1.82) is 0 Å². The van der Waals surface area contributed by atoms with Crippen LogP contribution in [0.1, 0.15) is 44.5 Å². The van der Waals surface area contributed by atoms with Crippen LogP contribution in [0.3, 0.4) is 0 Å². The molecule has 1 aromatic rings. The molecule has 21 heavy (non-hydrogen) atoms. The van der Waals surface area contributed by atoms with Gasteiger partial charge in [-0.3, -0.25) is 14.9 Å². The first-order valence-electron chi connectivity index (χ1n) is 7.24. The van der Waals surface area contributed by atoms with Gasteiger partial charge >= 0.3 is 0 Å². The summed E-state index contributed by atoms with van der Waals surface area (Å²) in [5.74, 6) is 0.297. The molecule has 5 heteroatoms. The maximum absolute atomic E-state index is 11.5. The summed E-state index contributed by atoms with van der Waals surface area (Å²) in [7, 11) is 0. The first-order chi connectivity index (χ1) is 9.70. The van der Waals surface area contributed by atoms with Crippen LogP contribution in [0.25, 0.3) is 0 Å². The largest absolute Gasteiger partial charge is 0.371 e. The molecule has 0 amide bonds. The maximum Gasteiger partial charge on any atom is 0.282 e. The lowest BCUT2D eigenvalue weighted by Crippen LogP contribution is -2.25. The van der Waals surface area contributed by atoms with E-state index >= 15 is 0 Å². The van der Waals surface area contributed by atoms with Crippen LogP contribution in [0, 0.1) is 21.4 Å². The molecule has 1 saturated heterocycles. The standard InChI is InChI=1S/C16H22N2O3/c1-11(19)14-6-5-13(9-15(14)18(20)21)17-8-7-12(10-17)16(2,3)4/h5-6,9,12H,7-8,10H2,1-4H3. The molecule has 0 N–H and O–H groups in total. The van der Waals surface area contributed by atoms with Crippen molar-refractivity contribution in [2.75, 3.05) is 18.0 Å². The van der Waals surface area contributed by atoms with Gasteiger partial charge in [0.05, 0.1) is 10.5 Å². The summed E-state index contributed by atoms with van der Waals surface area (Å²) < 4.78 is 0. The quantitative estimate of drug-likeness (QED) is 0.484. The lowest BCUT2D eigenvalue weighted by molar-refractivity contribution is -0.385. The monoisotopic (exact) mass is 290 g/mol. The van der Waals surface area contributed by atoms with Crippen LogP contribution in [0.5, 0.6) is 0 Å². The van der Waals surface area contributed by atoms with Crippen LogP contribution in [-0.4, -0.2) is 23.8 Å². The number of carbonyl (C=O) groups excluding carboxylic acids is 1. The van der Waals surface area contributed by atoms with E-state index in [0.717, 1.165) is 25.2 Å². The van der Waals surface area contributed by atoms with Crippen molar-refractivity contribution >= 4 is 17.2 Å². The molecule has 0 aliphatic carbocycles. The van der Waals surface area contributed by atoms with Crippen molar-refractivity contribution in [2.45, 2.75) is 34.1 Å². The number of benzene rings is 1. The van der Waals surface area contributed by atoms with Gasteiger partial charge in [-0.2, -0.15) is 0 Å². The Hall–Kier alpha value is -1.91. The molecule has 1 aromatic carbocycles. The van der Waals surface area contributed by atoms with E-state index in [0.29, 0.717) is 5.92 Å². The molecule has 1 aliphatic rings. The van der Waals surface area contributed by atoms with Crippen molar-refractivity contribution in [3.63, 3.8) is 0 Å². The van der Waals surface area contributed by atoms with Gasteiger partial charge in [0.2, 0.25) is 0 Å². The second-order valence-electron chi connectivity index (χ2n) is 6.81. The summed E-state index contributed by atoms with van der Waals surface area (Å²) in [6.07, 6.45) is 1.09. The zero-order chi connectivity index (χ0) is 15.8. The molecular weight excluding hydrogens is 268 g/mol. The lowest BCUT2D eigenvalue weighted by atomic mass is 9.80. The number of Topliss-reactive ketones (excluding diaryl/α,β-unsaturated/α-hetero) is 1. The molecule has 1 unspecified atom stereocenters. The van der Waals surface area contributed by atoms with E-state index in [4.69, 9.17) is 0 Å². The van der Waals surface area contributed by atoms with Gasteiger partial charge in [-0.15, -0.1) is 0 Å². The number of nitrogens with zero attached hydrogens (tertiary/aromatic N) is 2. The minimum atomic E-state index is -0.475. The van der Waals surface area contributed by atoms with E-state index in [9.17, 15) is 14.9 Å². The van der Waals surface area contributed by atoms with Crippen molar-refractivity contribution in [3.05, 3.63) is 33.9 Å². The van der Waals surface area contributed by atoms with Crippen LogP contribution >= 0.6 is 0 Å². The molecule has 114 valence electrons. The smallest absolute Gasteiger partial charge is 0.282 e. The molecule has 0 saturated carbocycles. The van der Waals surface area contributed by atoms with E-state index < -0.39 is 4.92 Å². The van der Waals surface area contributed by atoms with Crippen molar-refractivity contribution < 1.29 is 9.72 Å². The second kappa shape index (κ2) is 5.47. The molecule has 0 radical (unpaired) electrons. The number of hydrogen-bond donors (Lipinski definition) is 0. The normalized spacial score (nSPS) is 18.9. The molecule has 5 nitrogen and oxygen atoms in total. The third kappa shape index (κ3) is 3.23. The number of rotatable bonds is 3. The fourth-order valence-corrected chi connectivity index (χ4v) is 2.87. The number of nitro groups is 1. The lowest BCUT2D eigenvalue weighted by Gasteiger charge is -2.27. The van der Waals surface area contributed by atoms with Gasteiger partial charge in [-0.05, 0) is 36.8 Å². The number of nitro benzene ring substituents is 1. The number of carbonyl (C=O) groups is 1. The second-order valence-corrected chi connectivity index (χ2v) is 6.81. The summed E-state index contributed by atoms with van der Waals surface area (Å²) >= 11 is 0. The Balaban J connectivity index is 2.28. The third-order valence-corrected chi connectivity index (χ3v) is 4.34.